The zero-order valence-electron chi connectivity index (χ0n) is 23.1. The molecule has 3 aliphatic rings. The maximum atomic E-state index is 6.32. The first kappa shape index (κ1) is 27.1. The summed E-state index contributed by atoms with van der Waals surface area (Å²) in [6.07, 6.45) is 10.6. The van der Waals surface area contributed by atoms with Crippen molar-refractivity contribution in [2.75, 3.05) is 26.4 Å². The van der Waals surface area contributed by atoms with E-state index < -0.39 is 0 Å². The Kier molecular flexibility index (Phi) is 8.29. The van der Waals surface area contributed by atoms with Crippen molar-refractivity contribution >= 4 is 45.6 Å². The van der Waals surface area contributed by atoms with E-state index in [2.05, 4.69) is 55.6 Å². The third-order valence-corrected chi connectivity index (χ3v) is 8.71. The first-order chi connectivity index (χ1) is 19.6. The van der Waals surface area contributed by atoms with Crippen molar-refractivity contribution < 1.29 is 9.47 Å². The van der Waals surface area contributed by atoms with Gasteiger partial charge < -0.3 is 9.47 Å². The fourth-order valence-electron chi connectivity index (χ4n) is 5.91. The van der Waals surface area contributed by atoms with Crippen LogP contribution in [0.3, 0.4) is 0 Å². The SMILES string of the molecule is C=Cc1cc(C2CC2)c2nc(C3CCOCC3)ccc2c1.C=Cc1cc(Cl)c2nc(C3CCOCC3)ccc2c1. The molecule has 0 amide bonds. The summed E-state index contributed by atoms with van der Waals surface area (Å²) in [6, 6.07) is 17.1. The Morgan fingerprint density at radius 2 is 1.12 bits per heavy atom. The third kappa shape index (κ3) is 6.00. The van der Waals surface area contributed by atoms with Crippen LogP contribution in [-0.4, -0.2) is 36.4 Å². The highest BCUT2D eigenvalue weighted by molar-refractivity contribution is 6.35. The standard InChI is InChI=1S/C19H21NO.C16H16ClNO/c1-2-13-11-16-5-6-18(15-7-9-21-10-8-15)20-19(16)17(12-13)14-3-4-14;1-2-11-9-13-3-4-15(12-5-7-19-8-6-12)18-16(13)14(17)10-11/h2,5-6,11-12,14-15H,1,3-4,7-10H2;2-4,9-10,12H,1,5-8H2. The number of rotatable bonds is 5. The van der Waals surface area contributed by atoms with E-state index in [9.17, 15) is 0 Å². The normalized spacial score (nSPS) is 18.3. The molecule has 1 aliphatic carbocycles. The maximum absolute atomic E-state index is 6.32. The summed E-state index contributed by atoms with van der Waals surface area (Å²) in [5, 5.41) is 3.02. The van der Waals surface area contributed by atoms with E-state index in [0.717, 1.165) is 74.3 Å². The number of aromatic nitrogens is 2. The fraction of sp³-hybridized carbons (Fsp3) is 0.371. The predicted molar refractivity (Wildman–Crippen MR) is 166 cm³/mol. The van der Waals surface area contributed by atoms with Gasteiger partial charge in [-0.2, -0.15) is 0 Å². The lowest BCUT2D eigenvalue weighted by Gasteiger charge is -2.22. The van der Waals surface area contributed by atoms with Crippen molar-refractivity contribution in [2.24, 2.45) is 0 Å². The summed E-state index contributed by atoms with van der Waals surface area (Å²) in [5.41, 5.74) is 8.14. The summed E-state index contributed by atoms with van der Waals surface area (Å²) in [4.78, 5) is 9.80. The largest absolute Gasteiger partial charge is 0.381 e. The second-order valence-electron chi connectivity index (χ2n) is 11.2. The Morgan fingerprint density at radius 1 is 0.625 bits per heavy atom. The highest BCUT2D eigenvalue weighted by atomic mass is 35.5. The van der Waals surface area contributed by atoms with Crippen LogP contribution in [0.4, 0.5) is 0 Å². The monoisotopic (exact) mass is 552 g/mol. The number of halogens is 1. The van der Waals surface area contributed by atoms with E-state index in [1.165, 1.54) is 40.6 Å². The minimum absolute atomic E-state index is 0.494. The van der Waals surface area contributed by atoms with E-state index >= 15 is 0 Å². The van der Waals surface area contributed by atoms with E-state index in [0.29, 0.717) is 22.8 Å². The molecule has 0 atom stereocenters. The number of pyridine rings is 2. The van der Waals surface area contributed by atoms with Crippen LogP contribution in [0.1, 0.15) is 84.4 Å². The van der Waals surface area contributed by atoms with Crippen LogP contribution in [0, 0.1) is 0 Å². The molecule has 0 radical (unpaired) electrons. The molecular formula is C35H37ClN2O2. The van der Waals surface area contributed by atoms with Crippen LogP contribution in [0.2, 0.25) is 5.02 Å². The Hall–Kier alpha value is -3.05. The predicted octanol–water partition coefficient (Wildman–Crippen LogP) is 9.07. The quantitative estimate of drug-likeness (QED) is 0.248. The molecule has 0 spiro atoms. The first-order valence-electron chi connectivity index (χ1n) is 14.6. The Morgan fingerprint density at radius 3 is 1.65 bits per heavy atom. The van der Waals surface area contributed by atoms with Gasteiger partial charge in [-0.3, -0.25) is 9.97 Å². The molecule has 4 heterocycles. The maximum Gasteiger partial charge on any atom is 0.0891 e. The molecule has 206 valence electrons. The zero-order valence-corrected chi connectivity index (χ0v) is 23.8. The van der Waals surface area contributed by atoms with Crippen molar-refractivity contribution in [3.63, 3.8) is 0 Å². The molecule has 5 heteroatoms. The van der Waals surface area contributed by atoms with Gasteiger partial charge >= 0.3 is 0 Å². The summed E-state index contributed by atoms with van der Waals surface area (Å²) in [7, 11) is 0. The molecule has 2 saturated heterocycles. The molecule has 3 fully saturated rings. The van der Waals surface area contributed by atoms with Crippen LogP contribution in [0.5, 0.6) is 0 Å². The van der Waals surface area contributed by atoms with Gasteiger partial charge in [-0.15, -0.1) is 0 Å². The van der Waals surface area contributed by atoms with Gasteiger partial charge in [0.2, 0.25) is 0 Å². The number of fused-ring (bicyclic) bond motifs is 2. The van der Waals surface area contributed by atoms with E-state index in [4.69, 9.17) is 31.0 Å². The number of hydrogen-bond acceptors (Lipinski definition) is 4. The second-order valence-corrected chi connectivity index (χ2v) is 11.6. The molecule has 2 aliphatic heterocycles. The van der Waals surface area contributed by atoms with Crippen LogP contribution in [0.15, 0.2) is 61.7 Å². The summed E-state index contributed by atoms with van der Waals surface area (Å²) >= 11 is 6.32. The minimum Gasteiger partial charge on any atom is -0.381 e. The number of ether oxygens (including phenoxy) is 2. The Bertz CT molecular complexity index is 1530. The van der Waals surface area contributed by atoms with Crippen molar-refractivity contribution in [1.29, 1.82) is 0 Å². The molecule has 2 aromatic heterocycles. The van der Waals surface area contributed by atoms with Gasteiger partial charge in [-0.05, 0) is 97.5 Å². The lowest BCUT2D eigenvalue weighted by Crippen LogP contribution is -2.15. The lowest BCUT2D eigenvalue weighted by atomic mass is 9.94. The van der Waals surface area contributed by atoms with Gasteiger partial charge in [0.05, 0.1) is 16.1 Å². The number of hydrogen-bond donors (Lipinski definition) is 0. The topological polar surface area (TPSA) is 44.2 Å². The highest BCUT2D eigenvalue weighted by Crippen LogP contribution is 2.43. The Labute approximate surface area is 242 Å². The molecular weight excluding hydrogens is 516 g/mol. The second kappa shape index (κ2) is 12.2. The summed E-state index contributed by atoms with van der Waals surface area (Å²) in [6.45, 7) is 11.1. The van der Waals surface area contributed by atoms with Crippen molar-refractivity contribution in [3.8, 4) is 0 Å². The van der Waals surface area contributed by atoms with Gasteiger partial charge in [-0.1, -0.05) is 49.0 Å². The minimum atomic E-state index is 0.494. The smallest absolute Gasteiger partial charge is 0.0891 e. The van der Waals surface area contributed by atoms with Crippen LogP contribution in [0.25, 0.3) is 34.0 Å². The van der Waals surface area contributed by atoms with E-state index in [1.54, 1.807) is 6.08 Å². The molecule has 1 saturated carbocycles. The van der Waals surface area contributed by atoms with Crippen LogP contribution in [-0.2, 0) is 9.47 Å². The van der Waals surface area contributed by atoms with E-state index in [-0.39, 0.29) is 0 Å². The van der Waals surface area contributed by atoms with Gasteiger partial charge in [0.25, 0.3) is 0 Å². The zero-order chi connectivity index (χ0) is 27.5. The van der Waals surface area contributed by atoms with Gasteiger partial charge in [0.1, 0.15) is 0 Å². The molecule has 7 rings (SSSR count). The number of nitrogens with zero attached hydrogens (tertiary/aromatic N) is 2. The first-order valence-corrected chi connectivity index (χ1v) is 15.0. The molecule has 2 aromatic carbocycles. The summed E-state index contributed by atoms with van der Waals surface area (Å²) < 4.78 is 10.9. The molecule has 0 N–H and O–H groups in total. The molecule has 40 heavy (non-hydrogen) atoms. The average molecular weight is 553 g/mol. The van der Waals surface area contributed by atoms with Gasteiger partial charge in [0.15, 0.2) is 0 Å². The highest BCUT2D eigenvalue weighted by Gasteiger charge is 2.27. The fourth-order valence-corrected chi connectivity index (χ4v) is 6.19. The molecule has 4 aromatic rings. The molecule has 4 nitrogen and oxygen atoms in total. The van der Waals surface area contributed by atoms with Crippen molar-refractivity contribution in [3.05, 3.63) is 94.8 Å². The van der Waals surface area contributed by atoms with Crippen LogP contribution < -0.4 is 0 Å². The van der Waals surface area contributed by atoms with Gasteiger partial charge in [0, 0.05) is 60.4 Å². The van der Waals surface area contributed by atoms with Gasteiger partial charge in [-0.25, -0.2) is 0 Å². The van der Waals surface area contributed by atoms with E-state index in [1.807, 2.05) is 12.1 Å². The van der Waals surface area contributed by atoms with Crippen molar-refractivity contribution in [1.82, 2.24) is 9.97 Å². The Balaban J connectivity index is 0.000000145. The average Bonchev–Trinajstić information content (AvgIpc) is 3.87. The molecule has 0 unspecified atom stereocenters. The summed E-state index contributed by atoms with van der Waals surface area (Å²) in [5.74, 6) is 1.77. The third-order valence-electron chi connectivity index (χ3n) is 8.42. The molecule has 0 bridgehead atoms. The number of benzene rings is 2. The van der Waals surface area contributed by atoms with Crippen molar-refractivity contribution in [2.45, 2.75) is 56.3 Å². The van der Waals surface area contributed by atoms with Crippen LogP contribution >= 0.6 is 11.6 Å². The lowest BCUT2D eigenvalue weighted by molar-refractivity contribution is 0.0845.